The molecule has 1 fully saturated rings. The molecule has 3 aromatic rings. The van der Waals surface area contributed by atoms with Gasteiger partial charge in [-0.05, 0) is 23.3 Å². The molecule has 172 valence electrons. The third-order valence-electron chi connectivity index (χ3n) is 5.88. The van der Waals surface area contributed by atoms with Gasteiger partial charge in [-0.1, -0.05) is 84.4 Å². The van der Waals surface area contributed by atoms with E-state index in [2.05, 4.69) is 0 Å². The smallest absolute Gasteiger partial charge is 0.304 e. The van der Waals surface area contributed by atoms with Gasteiger partial charge in [0.2, 0.25) is 0 Å². The van der Waals surface area contributed by atoms with Crippen LogP contribution in [0.2, 0.25) is 5.02 Å². The number of aliphatic hydroxyl groups is 1. The fourth-order valence-corrected chi connectivity index (χ4v) is 4.40. The van der Waals surface area contributed by atoms with Crippen molar-refractivity contribution in [2.75, 3.05) is 6.54 Å². The summed E-state index contributed by atoms with van der Waals surface area (Å²) in [5.41, 5.74) is 1.69. The summed E-state index contributed by atoms with van der Waals surface area (Å²) in [5.74, 6) is -3.45. The van der Waals surface area contributed by atoms with Gasteiger partial charge in [0.1, 0.15) is 5.76 Å². The highest BCUT2D eigenvalue weighted by Crippen LogP contribution is 2.41. The fourth-order valence-electron chi connectivity index (χ4n) is 4.27. The molecular formula is C27H22ClNO5. The minimum absolute atomic E-state index is 0.0141. The van der Waals surface area contributed by atoms with E-state index < -0.39 is 29.6 Å². The van der Waals surface area contributed by atoms with Crippen molar-refractivity contribution in [3.05, 3.63) is 112 Å². The van der Waals surface area contributed by atoms with E-state index in [-0.39, 0.29) is 24.3 Å². The Balaban J connectivity index is 1.83. The monoisotopic (exact) mass is 475 g/mol. The molecule has 1 amide bonds. The number of carboxylic acids is 1. The molecule has 3 aromatic carbocycles. The quantitative estimate of drug-likeness (QED) is 0.284. The number of likely N-dealkylation sites (tertiary alicyclic amines) is 1. The van der Waals surface area contributed by atoms with Crippen molar-refractivity contribution in [3.63, 3.8) is 0 Å². The van der Waals surface area contributed by atoms with Crippen molar-refractivity contribution < 1.29 is 24.6 Å². The number of Topliss-reactive ketones (excluding diaryl/α,β-unsaturated/α-hetero) is 1. The van der Waals surface area contributed by atoms with E-state index in [1.165, 1.54) is 4.90 Å². The van der Waals surface area contributed by atoms with Gasteiger partial charge in [0.15, 0.2) is 0 Å². The number of rotatable bonds is 7. The SMILES string of the molecule is O=C(O)CC(CN1C(=O)C(=O)/C(=C(/O)c2ccccc2)C1c1ccc(Cl)cc1)c1ccccc1. The molecule has 7 heteroatoms. The number of amides is 1. The van der Waals surface area contributed by atoms with Crippen LogP contribution in [0.5, 0.6) is 0 Å². The van der Waals surface area contributed by atoms with Crippen LogP contribution in [0.25, 0.3) is 5.76 Å². The maximum atomic E-state index is 13.2. The summed E-state index contributed by atoms with van der Waals surface area (Å²) in [4.78, 5) is 39.3. The van der Waals surface area contributed by atoms with Crippen molar-refractivity contribution in [1.82, 2.24) is 4.90 Å². The Labute approximate surface area is 201 Å². The summed E-state index contributed by atoms with van der Waals surface area (Å²) >= 11 is 6.05. The van der Waals surface area contributed by atoms with Crippen molar-refractivity contribution in [3.8, 4) is 0 Å². The molecule has 2 atom stereocenters. The first-order chi connectivity index (χ1) is 16.4. The van der Waals surface area contributed by atoms with Crippen LogP contribution in [-0.4, -0.2) is 39.3 Å². The second-order valence-electron chi connectivity index (χ2n) is 8.07. The number of hydrogen-bond donors (Lipinski definition) is 2. The molecule has 6 nitrogen and oxygen atoms in total. The lowest BCUT2D eigenvalue weighted by Crippen LogP contribution is -2.34. The van der Waals surface area contributed by atoms with E-state index >= 15 is 0 Å². The number of aliphatic carboxylic acids is 1. The van der Waals surface area contributed by atoms with Gasteiger partial charge in [-0.2, -0.15) is 0 Å². The molecule has 0 aromatic heterocycles. The molecule has 0 aliphatic carbocycles. The van der Waals surface area contributed by atoms with E-state index in [9.17, 15) is 24.6 Å². The van der Waals surface area contributed by atoms with Gasteiger partial charge in [-0.15, -0.1) is 0 Å². The van der Waals surface area contributed by atoms with E-state index in [1.807, 2.05) is 6.07 Å². The van der Waals surface area contributed by atoms with E-state index in [1.54, 1.807) is 78.9 Å². The van der Waals surface area contributed by atoms with Crippen LogP contribution in [0, 0.1) is 0 Å². The predicted octanol–water partition coefficient (Wildman–Crippen LogP) is 5.02. The molecule has 1 heterocycles. The Hall–Kier alpha value is -3.90. The lowest BCUT2D eigenvalue weighted by molar-refractivity contribution is -0.141. The van der Waals surface area contributed by atoms with Crippen molar-refractivity contribution in [2.45, 2.75) is 18.4 Å². The second-order valence-corrected chi connectivity index (χ2v) is 8.51. The van der Waals surface area contributed by atoms with E-state index in [4.69, 9.17) is 11.6 Å². The first kappa shape index (κ1) is 23.3. The zero-order valence-electron chi connectivity index (χ0n) is 18.1. The van der Waals surface area contributed by atoms with Gasteiger partial charge >= 0.3 is 5.97 Å². The highest BCUT2D eigenvalue weighted by Gasteiger charge is 2.46. The molecule has 1 aliphatic rings. The van der Waals surface area contributed by atoms with Crippen LogP contribution < -0.4 is 0 Å². The second kappa shape index (κ2) is 9.93. The number of aliphatic hydroxyl groups excluding tert-OH is 1. The highest BCUT2D eigenvalue weighted by atomic mass is 35.5. The van der Waals surface area contributed by atoms with Gasteiger partial charge < -0.3 is 15.1 Å². The Morgan fingerprint density at radius 1 is 0.882 bits per heavy atom. The molecule has 1 saturated heterocycles. The van der Waals surface area contributed by atoms with Gasteiger partial charge in [0, 0.05) is 23.0 Å². The first-order valence-electron chi connectivity index (χ1n) is 10.7. The maximum Gasteiger partial charge on any atom is 0.304 e. The average molecular weight is 476 g/mol. The number of benzene rings is 3. The van der Waals surface area contributed by atoms with Gasteiger partial charge in [-0.3, -0.25) is 14.4 Å². The molecule has 0 radical (unpaired) electrons. The zero-order valence-corrected chi connectivity index (χ0v) is 18.9. The summed E-state index contributed by atoms with van der Waals surface area (Å²) in [6.45, 7) is -0.0141. The maximum absolute atomic E-state index is 13.2. The van der Waals surface area contributed by atoms with Crippen LogP contribution in [0.3, 0.4) is 0 Å². The molecule has 0 bridgehead atoms. The number of ketones is 1. The number of carbonyl (C=O) groups excluding carboxylic acids is 2. The van der Waals surface area contributed by atoms with Gasteiger partial charge in [-0.25, -0.2) is 0 Å². The summed E-state index contributed by atoms with van der Waals surface area (Å²) < 4.78 is 0. The third-order valence-corrected chi connectivity index (χ3v) is 6.13. The molecule has 0 spiro atoms. The highest BCUT2D eigenvalue weighted by molar-refractivity contribution is 6.46. The normalized spacial score (nSPS) is 18.1. The lowest BCUT2D eigenvalue weighted by Gasteiger charge is -2.29. The Morgan fingerprint density at radius 3 is 2.06 bits per heavy atom. The number of carboxylic acid groups (broad SMARTS) is 1. The Bertz CT molecular complexity index is 1240. The van der Waals surface area contributed by atoms with Crippen LogP contribution in [0.15, 0.2) is 90.5 Å². The molecular weight excluding hydrogens is 454 g/mol. The molecule has 2 unspecified atom stereocenters. The van der Waals surface area contributed by atoms with Crippen molar-refractivity contribution >= 4 is 35.0 Å². The third kappa shape index (κ3) is 4.72. The number of carbonyl (C=O) groups is 3. The zero-order chi connectivity index (χ0) is 24.2. The Kier molecular flexibility index (Phi) is 6.80. The predicted molar refractivity (Wildman–Crippen MR) is 128 cm³/mol. The standard InChI is InChI=1S/C27H22ClNO5/c28-21-13-11-18(12-14-21)24-23(25(32)19-9-5-2-6-10-19)26(33)27(34)29(24)16-20(15-22(30)31)17-7-3-1-4-8-17/h1-14,20,24,32H,15-16H2,(H,30,31)/b25-23+. The summed E-state index contributed by atoms with van der Waals surface area (Å²) in [7, 11) is 0. The summed E-state index contributed by atoms with van der Waals surface area (Å²) in [6, 6.07) is 23.3. The number of hydrogen-bond acceptors (Lipinski definition) is 4. The van der Waals surface area contributed by atoms with Crippen LogP contribution >= 0.6 is 11.6 Å². The van der Waals surface area contributed by atoms with Gasteiger partial charge in [0.05, 0.1) is 18.0 Å². The van der Waals surface area contributed by atoms with Crippen LogP contribution in [0.1, 0.15) is 35.1 Å². The minimum Gasteiger partial charge on any atom is -0.507 e. The molecule has 2 N–H and O–H groups in total. The van der Waals surface area contributed by atoms with E-state index in [0.717, 1.165) is 5.56 Å². The first-order valence-corrected chi connectivity index (χ1v) is 11.1. The molecule has 4 rings (SSSR count). The molecule has 0 saturated carbocycles. The van der Waals surface area contributed by atoms with Gasteiger partial charge in [0.25, 0.3) is 11.7 Å². The number of halogens is 1. The lowest BCUT2D eigenvalue weighted by atomic mass is 9.92. The fraction of sp³-hybridized carbons (Fsp3) is 0.148. The molecule has 34 heavy (non-hydrogen) atoms. The molecule has 1 aliphatic heterocycles. The summed E-state index contributed by atoms with van der Waals surface area (Å²) in [6.07, 6.45) is -0.223. The van der Waals surface area contributed by atoms with Crippen LogP contribution in [0.4, 0.5) is 0 Å². The minimum atomic E-state index is -1.02. The van der Waals surface area contributed by atoms with Crippen molar-refractivity contribution in [2.24, 2.45) is 0 Å². The van der Waals surface area contributed by atoms with E-state index in [0.29, 0.717) is 16.1 Å². The summed E-state index contributed by atoms with van der Waals surface area (Å²) in [5, 5.41) is 21.1. The van der Waals surface area contributed by atoms with Crippen molar-refractivity contribution in [1.29, 1.82) is 0 Å². The average Bonchev–Trinajstić information content (AvgIpc) is 3.09. The van der Waals surface area contributed by atoms with Crippen LogP contribution in [-0.2, 0) is 14.4 Å². The number of nitrogens with zero attached hydrogens (tertiary/aromatic N) is 1. The topological polar surface area (TPSA) is 94.9 Å². The Morgan fingerprint density at radius 2 is 1.47 bits per heavy atom. The largest absolute Gasteiger partial charge is 0.507 e.